The van der Waals surface area contributed by atoms with E-state index in [0.717, 1.165) is 91.4 Å². The van der Waals surface area contributed by atoms with Crippen molar-refractivity contribution in [2.45, 2.75) is 45.8 Å². The summed E-state index contributed by atoms with van der Waals surface area (Å²) in [6, 6.07) is 16.0. The number of H-pyrrole nitrogens is 1. The Bertz CT molecular complexity index is 1440. The van der Waals surface area contributed by atoms with Crippen LogP contribution in [0.25, 0.3) is 10.9 Å². The van der Waals surface area contributed by atoms with E-state index in [9.17, 15) is 4.79 Å². The second-order valence-corrected chi connectivity index (χ2v) is 10.5. The van der Waals surface area contributed by atoms with Gasteiger partial charge in [0, 0.05) is 37.3 Å². The summed E-state index contributed by atoms with van der Waals surface area (Å²) in [7, 11) is 1.66. The van der Waals surface area contributed by atoms with Gasteiger partial charge in [-0.2, -0.15) is 0 Å². The first-order chi connectivity index (χ1) is 19.5. The molecule has 3 heterocycles. The van der Waals surface area contributed by atoms with Crippen LogP contribution < -0.4 is 10.3 Å². The van der Waals surface area contributed by atoms with E-state index < -0.39 is 0 Å². The van der Waals surface area contributed by atoms with E-state index >= 15 is 0 Å². The molecule has 2 aromatic carbocycles. The van der Waals surface area contributed by atoms with E-state index in [4.69, 9.17) is 9.47 Å². The zero-order valence-corrected chi connectivity index (χ0v) is 23.7. The highest BCUT2D eigenvalue weighted by Gasteiger charge is 2.26. The maximum atomic E-state index is 13.2. The highest BCUT2D eigenvalue weighted by molar-refractivity contribution is 5.79. The van der Waals surface area contributed by atoms with Crippen LogP contribution in [0.2, 0.25) is 0 Å². The summed E-state index contributed by atoms with van der Waals surface area (Å²) >= 11 is 0. The molecule has 1 N–H and O–H groups in total. The first-order valence-corrected chi connectivity index (χ1v) is 14.1. The number of rotatable bonds is 12. The summed E-state index contributed by atoms with van der Waals surface area (Å²) < 4.78 is 12.7. The predicted molar refractivity (Wildman–Crippen MR) is 155 cm³/mol. The molecule has 1 saturated heterocycles. The van der Waals surface area contributed by atoms with Crippen molar-refractivity contribution in [1.29, 1.82) is 0 Å². The van der Waals surface area contributed by atoms with Gasteiger partial charge in [0.25, 0.3) is 5.56 Å². The van der Waals surface area contributed by atoms with Gasteiger partial charge in [-0.15, -0.1) is 5.10 Å². The third-order valence-corrected chi connectivity index (χ3v) is 7.65. The lowest BCUT2D eigenvalue weighted by molar-refractivity contribution is 0.0349. The number of fused-ring (bicyclic) bond motifs is 1. The third kappa shape index (κ3) is 6.75. The quantitative estimate of drug-likeness (QED) is 0.288. The molecule has 0 aliphatic carbocycles. The van der Waals surface area contributed by atoms with Crippen molar-refractivity contribution >= 4 is 10.9 Å². The molecule has 212 valence electrons. The lowest BCUT2D eigenvalue weighted by atomic mass is 10.1. The number of aromatic nitrogens is 5. The summed E-state index contributed by atoms with van der Waals surface area (Å²) in [5, 5.41) is 13.9. The largest absolute Gasteiger partial charge is 0.497 e. The number of pyridine rings is 1. The van der Waals surface area contributed by atoms with E-state index in [1.165, 1.54) is 0 Å². The molecule has 1 atom stereocenters. The summed E-state index contributed by atoms with van der Waals surface area (Å²) in [4.78, 5) is 21.1. The highest BCUT2D eigenvalue weighted by Crippen LogP contribution is 2.26. The Morgan fingerprint density at radius 1 is 1.12 bits per heavy atom. The van der Waals surface area contributed by atoms with E-state index in [0.29, 0.717) is 13.1 Å². The second-order valence-electron chi connectivity index (χ2n) is 10.5. The number of aryl methyl sites for hydroxylation is 1. The summed E-state index contributed by atoms with van der Waals surface area (Å²) in [5.74, 6) is 1.62. The van der Waals surface area contributed by atoms with Gasteiger partial charge in [0.2, 0.25) is 0 Å². The molecule has 2 aromatic heterocycles. The number of methoxy groups -OCH3 is 1. The SMILES string of the molecule is CCC(c1nnnn1Cc1ccc(OC)cc1)N(CCCN1CCOCC1)Cc1cc2cc(C)ccc2[nH]c1=O. The Balaban J connectivity index is 1.41. The second kappa shape index (κ2) is 13.2. The van der Waals surface area contributed by atoms with Gasteiger partial charge in [-0.25, -0.2) is 4.68 Å². The van der Waals surface area contributed by atoms with Gasteiger partial charge in [-0.1, -0.05) is 30.7 Å². The van der Waals surface area contributed by atoms with Crippen LogP contribution in [0.3, 0.4) is 0 Å². The van der Waals surface area contributed by atoms with Gasteiger partial charge < -0.3 is 14.5 Å². The van der Waals surface area contributed by atoms with Gasteiger partial charge in [0.1, 0.15) is 5.75 Å². The monoisotopic (exact) mass is 545 g/mol. The summed E-state index contributed by atoms with van der Waals surface area (Å²) in [6.07, 6.45) is 1.78. The van der Waals surface area contributed by atoms with E-state index in [2.05, 4.69) is 50.2 Å². The average Bonchev–Trinajstić information content (AvgIpc) is 3.42. The molecule has 4 aromatic rings. The van der Waals surface area contributed by atoms with E-state index in [1.807, 2.05) is 47.1 Å². The highest BCUT2D eigenvalue weighted by atomic mass is 16.5. The Morgan fingerprint density at radius 2 is 1.93 bits per heavy atom. The maximum absolute atomic E-state index is 13.2. The average molecular weight is 546 g/mol. The van der Waals surface area contributed by atoms with Crippen LogP contribution >= 0.6 is 0 Å². The van der Waals surface area contributed by atoms with Crippen LogP contribution in [0.15, 0.2) is 53.3 Å². The first kappa shape index (κ1) is 27.9. The topological polar surface area (TPSA) is 101 Å². The Hall–Kier alpha value is -3.60. The zero-order chi connectivity index (χ0) is 27.9. The molecule has 5 rings (SSSR count). The fraction of sp³-hybridized carbons (Fsp3) is 0.467. The molecule has 40 heavy (non-hydrogen) atoms. The van der Waals surface area contributed by atoms with Crippen LogP contribution in [0.5, 0.6) is 5.75 Å². The molecule has 1 aliphatic rings. The van der Waals surface area contributed by atoms with Crippen molar-refractivity contribution in [2.24, 2.45) is 0 Å². The number of morpholine rings is 1. The maximum Gasteiger partial charge on any atom is 0.252 e. The molecule has 10 nitrogen and oxygen atoms in total. The molecule has 0 spiro atoms. The minimum Gasteiger partial charge on any atom is -0.497 e. The fourth-order valence-corrected chi connectivity index (χ4v) is 5.45. The number of ether oxygens (including phenoxy) is 2. The Kier molecular flexibility index (Phi) is 9.20. The summed E-state index contributed by atoms with van der Waals surface area (Å²) in [5.41, 5.74) is 3.80. The van der Waals surface area contributed by atoms with Crippen molar-refractivity contribution in [2.75, 3.05) is 46.5 Å². The van der Waals surface area contributed by atoms with Gasteiger partial charge in [-0.05, 0) is 78.0 Å². The number of aromatic amines is 1. The van der Waals surface area contributed by atoms with Gasteiger partial charge >= 0.3 is 0 Å². The number of nitrogens with zero attached hydrogens (tertiary/aromatic N) is 6. The standard InChI is InChI=1S/C30H39N7O3/c1-4-28(29-32-33-34-37(29)20-23-7-9-26(39-3)10-8-23)36(13-5-12-35-14-16-40-17-15-35)21-25-19-24-18-22(2)6-11-27(24)31-30(25)38/h6-11,18-19,28H,4-5,12-17,20-21H2,1-3H3,(H,31,38). The van der Waals surface area contributed by atoms with E-state index in [-0.39, 0.29) is 11.6 Å². The lowest BCUT2D eigenvalue weighted by Crippen LogP contribution is -2.39. The third-order valence-electron chi connectivity index (χ3n) is 7.65. The number of tetrazole rings is 1. The molecule has 0 saturated carbocycles. The number of benzene rings is 2. The van der Waals surface area contributed by atoms with Crippen LogP contribution in [0, 0.1) is 6.92 Å². The molecule has 1 unspecified atom stereocenters. The van der Waals surface area contributed by atoms with Crippen LogP contribution in [-0.4, -0.2) is 81.5 Å². The van der Waals surface area contributed by atoms with Crippen LogP contribution in [-0.2, 0) is 17.8 Å². The Morgan fingerprint density at radius 3 is 2.67 bits per heavy atom. The number of nitrogens with one attached hydrogen (secondary N) is 1. The Labute approximate surface area is 234 Å². The molecular formula is C30H39N7O3. The summed E-state index contributed by atoms with van der Waals surface area (Å²) in [6.45, 7) is 10.6. The first-order valence-electron chi connectivity index (χ1n) is 14.1. The van der Waals surface area contributed by atoms with Crippen molar-refractivity contribution in [3.63, 3.8) is 0 Å². The lowest BCUT2D eigenvalue weighted by Gasteiger charge is -2.32. The number of hydrogen-bond donors (Lipinski definition) is 1. The molecule has 10 heteroatoms. The molecule has 0 amide bonds. The van der Waals surface area contributed by atoms with Crippen molar-refractivity contribution in [3.8, 4) is 5.75 Å². The molecule has 1 fully saturated rings. The molecule has 1 aliphatic heterocycles. The molecular weight excluding hydrogens is 506 g/mol. The van der Waals surface area contributed by atoms with E-state index in [1.54, 1.807) is 7.11 Å². The van der Waals surface area contributed by atoms with Crippen molar-refractivity contribution < 1.29 is 9.47 Å². The van der Waals surface area contributed by atoms with Crippen molar-refractivity contribution in [3.05, 3.63) is 81.4 Å². The molecule has 0 bridgehead atoms. The van der Waals surface area contributed by atoms with Gasteiger partial charge in [0.15, 0.2) is 5.82 Å². The van der Waals surface area contributed by atoms with Crippen molar-refractivity contribution in [1.82, 2.24) is 35.0 Å². The normalized spacial score (nSPS) is 15.1. The minimum absolute atomic E-state index is 0.0504. The number of hydrogen-bond acceptors (Lipinski definition) is 8. The minimum atomic E-state index is -0.0535. The fourth-order valence-electron chi connectivity index (χ4n) is 5.45. The van der Waals surface area contributed by atoms with Crippen LogP contribution in [0.4, 0.5) is 0 Å². The van der Waals surface area contributed by atoms with Gasteiger partial charge in [-0.3, -0.25) is 14.6 Å². The van der Waals surface area contributed by atoms with Gasteiger partial charge in [0.05, 0.1) is 32.9 Å². The van der Waals surface area contributed by atoms with Crippen LogP contribution in [0.1, 0.15) is 48.3 Å². The smallest absolute Gasteiger partial charge is 0.252 e. The zero-order valence-electron chi connectivity index (χ0n) is 23.7. The predicted octanol–water partition coefficient (Wildman–Crippen LogP) is 3.56. The molecule has 0 radical (unpaired) electrons.